The quantitative estimate of drug-likeness (QED) is 0.592. The van der Waals surface area contributed by atoms with Crippen LogP contribution in [0, 0.1) is 0 Å². The maximum atomic E-state index is 12.8. The van der Waals surface area contributed by atoms with E-state index < -0.39 is 0 Å². The van der Waals surface area contributed by atoms with Gasteiger partial charge in [0.15, 0.2) is 0 Å². The Hall–Kier alpha value is -0.194. The van der Waals surface area contributed by atoms with E-state index in [9.17, 15) is 5.11 Å². The van der Waals surface area contributed by atoms with E-state index in [2.05, 4.69) is 52.6 Å². The number of hydrogen-bond acceptors (Lipinski definition) is 2. The van der Waals surface area contributed by atoms with Gasteiger partial charge in [-0.05, 0) is 27.5 Å². The van der Waals surface area contributed by atoms with Crippen molar-refractivity contribution in [3.8, 4) is 5.75 Å². The van der Waals surface area contributed by atoms with Crippen molar-refractivity contribution in [3.63, 3.8) is 0 Å². The molecule has 0 unspecified atom stereocenters. The Labute approximate surface area is 183 Å². The van der Waals surface area contributed by atoms with Crippen molar-refractivity contribution in [2.24, 2.45) is 4.99 Å². The summed E-state index contributed by atoms with van der Waals surface area (Å²) in [5, 5.41) is 12.8. The van der Waals surface area contributed by atoms with Crippen LogP contribution in [0.25, 0.3) is 0 Å². The van der Waals surface area contributed by atoms with Gasteiger partial charge in [-0.2, -0.15) is 0 Å². The Bertz CT molecular complexity index is 631. The Morgan fingerprint density at radius 3 is 2.00 bits per heavy atom. The minimum atomic E-state index is -0.173. The third-order valence-corrected chi connectivity index (χ3v) is 3.91. The number of nitrogens with zero attached hydrogens (tertiary/aromatic N) is 1. The van der Waals surface area contributed by atoms with Crippen molar-refractivity contribution in [1.82, 2.24) is 0 Å². The Morgan fingerprint density at radius 1 is 0.957 bits per heavy atom. The van der Waals surface area contributed by atoms with E-state index in [0.717, 1.165) is 5.56 Å². The predicted octanol–water partition coefficient (Wildman–Crippen LogP) is 1.27. The summed E-state index contributed by atoms with van der Waals surface area (Å²) in [7, 11) is 0. The summed E-state index contributed by atoms with van der Waals surface area (Å²) in [6.07, 6.45) is 9.72. The standard InChI is InChI=1S/C20H27NO.K/c1-19(2,3)15-11-14(13-21-16-9-7-8-10-16)18(22)17(12-15)20(4,5)6;/h7-13,16,22H,1-6H3;/q;+1/p-1. The van der Waals surface area contributed by atoms with Gasteiger partial charge in [-0.15, -0.1) is 0 Å². The number of rotatable bonds is 2. The van der Waals surface area contributed by atoms with Crippen molar-refractivity contribution in [3.05, 3.63) is 53.1 Å². The van der Waals surface area contributed by atoms with E-state index in [-0.39, 0.29) is 74.0 Å². The van der Waals surface area contributed by atoms with Crippen LogP contribution in [0.3, 0.4) is 0 Å². The Morgan fingerprint density at radius 2 is 1.52 bits per heavy atom. The van der Waals surface area contributed by atoms with Crippen LogP contribution >= 0.6 is 0 Å². The molecular weight excluding hydrogens is 309 g/mol. The first-order valence-electron chi connectivity index (χ1n) is 7.83. The van der Waals surface area contributed by atoms with Crippen LogP contribution in [0.2, 0.25) is 0 Å². The van der Waals surface area contributed by atoms with Crippen LogP contribution < -0.4 is 56.5 Å². The van der Waals surface area contributed by atoms with Gasteiger partial charge in [0.25, 0.3) is 0 Å². The summed E-state index contributed by atoms with van der Waals surface area (Å²) in [5.41, 5.74) is 2.55. The molecule has 0 spiro atoms. The second kappa shape index (κ2) is 7.79. The summed E-state index contributed by atoms with van der Waals surface area (Å²) >= 11 is 0. The van der Waals surface area contributed by atoms with Gasteiger partial charge in [0, 0.05) is 6.21 Å². The van der Waals surface area contributed by atoms with Gasteiger partial charge >= 0.3 is 51.4 Å². The van der Waals surface area contributed by atoms with Crippen molar-refractivity contribution < 1.29 is 56.5 Å². The zero-order valence-electron chi connectivity index (χ0n) is 15.5. The van der Waals surface area contributed by atoms with Gasteiger partial charge in [-0.25, -0.2) is 0 Å². The molecule has 0 bridgehead atoms. The first-order valence-corrected chi connectivity index (χ1v) is 7.83. The van der Waals surface area contributed by atoms with Crippen molar-refractivity contribution in [2.75, 3.05) is 0 Å². The van der Waals surface area contributed by atoms with E-state index in [1.807, 2.05) is 30.4 Å². The fourth-order valence-corrected chi connectivity index (χ4v) is 2.42. The fourth-order valence-electron chi connectivity index (χ4n) is 2.42. The molecule has 0 aliphatic heterocycles. The van der Waals surface area contributed by atoms with Crippen molar-refractivity contribution >= 4 is 6.21 Å². The molecule has 0 N–H and O–H groups in total. The largest absolute Gasteiger partial charge is 1.00 e. The van der Waals surface area contributed by atoms with E-state index in [1.165, 1.54) is 5.56 Å². The molecule has 0 heterocycles. The molecule has 2 nitrogen and oxygen atoms in total. The molecule has 3 heteroatoms. The molecule has 0 amide bonds. The van der Waals surface area contributed by atoms with Gasteiger partial charge in [0.2, 0.25) is 0 Å². The van der Waals surface area contributed by atoms with Gasteiger partial charge in [-0.1, -0.05) is 83.7 Å². The molecule has 1 aromatic carbocycles. The number of benzene rings is 1. The number of hydrogen-bond donors (Lipinski definition) is 0. The van der Waals surface area contributed by atoms with Crippen molar-refractivity contribution in [2.45, 2.75) is 58.4 Å². The SMILES string of the molecule is CC(C)(C)c1cc(C=NC2C=CC=C2)c([O-])c(C(C)(C)C)c1.[K+]. The molecule has 1 aliphatic carbocycles. The van der Waals surface area contributed by atoms with Gasteiger partial charge in [0.1, 0.15) is 0 Å². The minimum absolute atomic E-state index is 0. The van der Waals surface area contributed by atoms with Crippen LogP contribution in [0.4, 0.5) is 0 Å². The molecule has 0 saturated carbocycles. The zero-order valence-corrected chi connectivity index (χ0v) is 18.6. The fraction of sp³-hybridized carbons (Fsp3) is 0.450. The molecule has 2 rings (SSSR count). The summed E-state index contributed by atoms with van der Waals surface area (Å²) in [6.45, 7) is 12.8. The average Bonchev–Trinajstić information content (AvgIpc) is 2.87. The van der Waals surface area contributed by atoms with Gasteiger partial charge in [-0.3, -0.25) is 4.99 Å². The maximum absolute atomic E-state index is 12.8. The predicted molar refractivity (Wildman–Crippen MR) is 93.0 cm³/mol. The molecule has 1 aromatic rings. The first-order chi connectivity index (χ1) is 10.1. The first kappa shape index (κ1) is 20.9. The molecule has 0 radical (unpaired) electrons. The van der Waals surface area contributed by atoms with E-state index >= 15 is 0 Å². The molecular formula is C20H26KNO. The van der Waals surface area contributed by atoms with Gasteiger partial charge in [0.05, 0.1) is 6.04 Å². The molecule has 0 aromatic heterocycles. The summed E-state index contributed by atoms with van der Waals surface area (Å²) in [4.78, 5) is 4.50. The van der Waals surface area contributed by atoms with Crippen LogP contribution in [-0.2, 0) is 10.8 Å². The van der Waals surface area contributed by atoms with Gasteiger partial charge < -0.3 is 5.11 Å². The van der Waals surface area contributed by atoms with Crippen LogP contribution in [0.15, 0.2) is 41.4 Å². The smallest absolute Gasteiger partial charge is 0.872 e. The Kier molecular flexibility index (Phi) is 7.06. The third-order valence-electron chi connectivity index (χ3n) is 3.91. The van der Waals surface area contributed by atoms with E-state index in [0.29, 0.717) is 5.56 Å². The van der Waals surface area contributed by atoms with Crippen molar-refractivity contribution in [1.29, 1.82) is 0 Å². The molecule has 0 atom stereocenters. The molecule has 118 valence electrons. The topological polar surface area (TPSA) is 35.4 Å². The second-order valence-electron chi connectivity index (χ2n) is 7.98. The second-order valence-corrected chi connectivity index (χ2v) is 7.98. The monoisotopic (exact) mass is 335 g/mol. The molecule has 0 fully saturated rings. The van der Waals surface area contributed by atoms with Crippen LogP contribution in [0.1, 0.15) is 58.2 Å². The zero-order chi connectivity index (χ0) is 16.5. The molecule has 1 aliphatic rings. The molecule has 0 saturated heterocycles. The number of aliphatic imine (C=N–C) groups is 1. The average molecular weight is 336 g/mol. The van der Waals surface area contributed by atoms with E-state index in [4.69, 9.17) is 0 Å². The maximum Gasteiger partial charge on any atom is 1.00 e. The summed E-state index contributed by atoms with van der Waals surface area (Å²) < 4.78 is 0. The summed E-state index contributed by atoms with van der Waals surface area (Å²) in [6, 6.07) is 4.11. The minimum Gasteiger partial charge on any atom is -0.872 e. The molecule has 23 heavy (non-hydrogen) atoms. The normalized spacial score (nSPS) is 15.4. The van der Waals surface area contributed by atoms with E-state index in [1.54, 1.807) is 6.21 Å². The Balaban J connectivity index is 0.00000264. The van der Waals surface area contributed by atoms with Crippen LogP contribution in [-0.4, -0.2) is 12.3 Å². The third kappa shape index (κ3) is 5.40. The number of allylic oxidation sites excluding steroid dienone is 2. The summed E-state index contributed by atoms with van der Waals surface area (Å²) in [5.74, 6) is 0.0928. The van der Waals surface area contributed by atoms with Crippen LogP contribution in [0.5, 0.6) is 5.75 Å².